The van der Waals surface area contributed by atoms with Gasteiger partial charge in [-0.05, 0) is 37.7 Å². The third-order valence-electron chi connectivity index (χ3n) is 5.07. The van der Waals surface area contributed by atoms with Gasteiger partial charge >= 0.3 is 0 Å². The Morgan fingerprint density at radius 3 is 2.81 bits per heavy atom. The molecule has 2 atom stereocenters. The Morgan fingerprint density at radius 1 is 1.24 bits per heavy atom. The van der Waals surface area contributed by atoms with Crippen LogP contribution in [0, 0.1) is 5.92 Å². The lowest BCUT2D eigenvalue weighted by molar-refractivity contribution is -0.137. The third-order valence-corrected chi connectivity index (χ3v) is 5.07. The van der Waals surface area contributed by atoms with Crippen LogP contribution in [-0.4, -0.2) is 46.8 Å². The lowest BCUT2D eigenvalue weighted by Gasteiger charge is -2.39. The van der Waals surface area contributed by atoms with Crippen molar-refractivity contribution in [2.75, 3.05) is 13.1 Å². The van der Waals surface area contributed by atoms with E-state index in [0.717, 1.165) is 25.9 Å². The second-order valence-electron chi connectivity index (χ2n) is 6.46. The largest absolute Gasteiger partial charge is 0.472 e. The van der Waals surface area contributed by atoms with Crippen LogP contribution in [0.25, 0.3) is 0 Å². The molecule has 0 aromatic carbocycles. The van der Waals surface area contributed by atoms with Gasteiger partial charge in [0.25, 0.3) is 5.91 Å². The SMILES string of the molecule is O=C1CC[C@H]2[C@H](CCN2C(=O)c2ccoc2)N1CC1CC1. The molecule has 0 spiro atoms. The molecule has 1 aliphatic carbocycles. The summed E-state index contributed by atoms with van der Waals surface area (Å²) in [5.74, 6) is 1.02. The zero-order valence-electron chi connectivity index (χ0n) is 12.0. The first-order valence-corrected chi connectivity index (χ1v) is 7.86. The van der Waals surface area contributed by atoms with Gasteiger partial charge in [0.05, 0.1) is 23.9 Å². The zero-order valence-corrected chi connectivity index (χ0v) is 12.0. The number of likely N-dealkylation sites (tertiary alicyclic amines) is 2. The van der Waals surface area contributed by atoms with Crippen LogP contribution in [0.15, 0.2) is 23.0 Å². The van der Waals surface area contributed by atoms with Crippen molar-refractivity contribution in [3.05, 3.63) is 24.2 Å². The van der Waals surface area contributed by atoms with Gasteiger partial charge < -0.3 is 14.2 Å². The Bertz CT molecular complexity index is 550. The Balaban J connectivity index is 1.52. The Hall–Kier alpha value is -1.78. The molecular weight excluding hydrogens is 268 g/mol. The molecule has 1 aromatic rings. The van der Waals surface area contributed by atoms with Crippen LogP contribution in [0.2, 0.25) is 0 Å². The van der Waals surface area contributed by atoms with E-state index in [1.54, 1.807) is 6.07 Å². The number of piperidine rings is 1. The van der Waals surface area contributed by atoms with Gasteiger partial charge in [0.1, 0.15) is 6.26 Å². The summed E-state index contributed by atoms with van der Waals surface area (Å²) >= 11 is 0. The van der Waals surface area contributed by atoms with Gasteiger partial charge in [-0.2, -0.15) is 0 Å². The molecule has 21 heavy (non-hydrogen) atoms. The number of fused-ring (bicyclic) bond motifs is 1. The predicted molar refractivity (Wildman–Crippen MR) is 75.6 cm³/mol. The standard InChI is InChI=1S/C16H20N2O3/c19-15-4-3-13-14(18(15)9-11-1-2-11)5-7-17(13)16(20)12-6-8-21-10-12/h6,8,10-11,13-14H,1-5,7,9H2/t13-,14-/m0/s1. The first-order valence-electron chi connectivity index (χ1n) is 7.86. The number of hydrogen-bond acceptors (Lipinski definition) is 3. The molecule has 1 aromatic heterocycles. The summed E-state index contributed by atoms with van der Waals surface area (Å²) in [6, 6.07) is 2.12. The molecule has 5 heteroatoms. The molecule has 112 valence electrons. The van der Waals surface area contributed by atoms with E-state index in [1.807, 2.05) is 4.90 Å². The van der Waals surface area contributed by atoms with Crippen molar-refractivity contribution >= 4 is 11.8 Å². The number of carbonyl (C=O) groups is 2. The van der Waals surface area contributed by atoms with Gasteiger partial charge in [-0.1, -0.05) is 0 Å². The average molecular weight is 288 g/mol. The van der Waals surface area contributed by atoms with Crippen molar-refractivity contribution in [1.82, 2.24) is 9.80 Å². The van der Waals surface area contributed by atoms with Crippen LogP contribution in [0.3, 0.4) is 0 Å². The lowest BCUT2D eigenvalue weighted by Crippen LogP contribution is -2.53. The zero-order chi connectivity index (χ0) is 14.4. The summed E-state index contributed by atoms with van der Waals surface area (Å²) in [5.41, 5.74) is 0.612. The summed E-state index contributed by atoms with van der Waals surface area (Å²) in [5, 5.41) is 0. The van der Waals surface area contributed by atoms with Crippen molar-refractivity contribution in [1.29, 1.82) is 0 Å². The van der Waals surface area contributed by atoms with Gasteiger partial charge in [0, 0.05) is 19.5 Å². The summed E-state index contributed by atoms with van der Waals surface area (Å²) in [6.07, 6.45) is 7.82. The van der Waals surface area contributed by atoms with E-state index in [1.165, 1.54) is 25.4 Å². The molecule has 4 rings (SSSR count). The molecule has 5 nitrogen and oxygen atoms in total. The summed E-state index contributed by atoms with van der Waals surface area (Å²) < 4.78 is 5.02. The van der Waals surface area contributed by atoms with E-state index in [-0.39, 0.29) is 23.9 Å². The molecule has 2 aliphatic heterocycles. The Kier molecular flexibility index (Phi) is 3.01. The van der Waals surface area contributed by atoms with E-state index >= 15 is 0 Å². The first kappa shape index (κ1) is 12.9. The maximum absolute atomic E-state index is 12.5. The maximum atomic E-state index is 12.5. The molecule has 2 amide bonds. The number of amides is 2. The van der Waals surface area contributed by atoms with Crippen LogP contribution in [0.5, 0.6) is 0 Å². The fourth-order valence-corrected chi connectivity index (χ4v) is 3.77. The Morgan fingerprint density at radius 2 is 2.10 bits per heavy atom. The summed E-state index contributed by atoms with van der Waals surface area (Å²) in [4.78, 5) is 28.8. The van der Waals surface area contributed by atoms with Crippen molar-refractivity contribution in [2.24, 2.45) is 5.92 Å². The van der Waals surface area contributed by atoms with Gasteiger partial charge in [-0.15, -0.1) is 0 Å². The smallest absolute Gasteiger partial charge is 0.257 e. The van der Waals surface area contributed by atoms with Crippen molar-refractivity contribution in [3.8, 4) is 0 Å². The van der Waals surface area contributed by atoms with Crippen LogP contribution >= 0.6 is 0 Å². The highest BCUT2D eigenvalue weighted by Gasteiger charge is 2.46. The minimum Gasteiger partial charge on any atom is -0.472 e. The van der Waals surface area contributed by atoms with Crippen molar-refractivity contribution in [3.63, 3.8) is 0 Å². The monoisotopic (exact) mass is 288 g/mol. The molecule has 0 unspecified atom stereocenters. The minimum absolute atomic E-state index is 0.0389. The second-order valence-corrected chi connectivity index (χ2v) is 6.46. The van der Waals surface area contributed by atoms with Gasteiger partial charge in [-0.3, -0.25) is 9.59 Å². The normalized spacial score (nSPS) is 28.9. The van der Waals surface area contributed by atoms with Crippen LogP contribution in [0.1, 0.15) is 42.5 Å². The lowest BCUT2D eigenvalue weighted by atomic mass is 9.95. The van der Waals surface area contributed by atoms with E-state index in [2.05, 4.69) is 4.90 Å². The number of hydrogen-bond donors (Lipinski definition) is 0. The molecule has 3 fully saturated rings. The van der Waals surface area contributed by atoms with E-state index < -0.39 is 0 Å². The highest BCUT2D eigenvalue weighted by molar-refractivity contribution is 5.94. The summed E-state index contributed by atoms with van der Waals surface area (Å²) in [7, 11) is 0. The molecule has 0 bridgehead atoms. The third kappa shape index (κ3) is 2.24. The fraction of sp³-hybridized carbons (Fsp3) is 0.625. The number of rotatable bonds is 3. The molecule has 3 heterocycles. The van der Waals surface area contributed by atoms with Crippen molar-refractivity contribution in [2.45, 2.75) is 44.2 Å². The van der Waals surface area contributed by atoms with Crippen LogP contribution in [0.4, 0.5) is 0 Å². The maximum Gasteiger partial charge on any atom is 0.257 e. The molecule has 2 saturated heterocycles. The fourth-order valence-electron chi connectivity index (χ4n) is 3.77. The highest BCUT2D eigenvalue weighted by atomic mass is 16.3. The molecule has 0 radical (unpaired) electrons. The first-order chi connectivity index (χ1) is 10.2. The quantitative estimate of drug-likeness (QED) is 0.853. The van der Waals surface area contributed by atoms with Crippen molar-refractivity contribution < 1.29 is 14.0 Å². The number of nitrogens with zero attached hydrogens (tertiary/aromatic N) is 2. The van der Waals surface area contributed by atoms with E-state index in [9.17, 15) is 9.59 Å². The van der Waals surface area contributed by atoms with Gasteiger partial charge in [0.2, 0.25) is 5.91 Å². The van der Waals surface area contributed by atoms with E-state index in [4.69, 9.17) is 4.42 Å². The highest BCUT2D eigenvalue weighted by Crippen LogP contribution is 2.37. The molecule has 0 N–H and O–H groups in total. The number of carbonyl (C=O) groups excluding carboxylic acids is 2. The molecule has 3 aliphatic rings. The predicted octanol–water partition coefficient (Wildman–Crippen LogP) is 1.90. The van der Waals surface area contributed by atoms with Gasteiger partial charge in [-0.25, -0.2) is 0 Å². The minimum atomic E-state index is 0.0389. The molecular formula is C16H20N2O3. The van der Waals surface area contributed by atoms with E-state index in [0.29, 0.717) is 17.9 Å². The number of furan rings is 1. The van der Waals surface area contributed by atoms with Crippen LogP contribution < -0.4 is 0 Å². The molecule has 1 saturated carbocycles. The topological polar surface area (TPSA) is 53.8 Å². The second kappa shape index (κ2) is 4.90. The van der Waals surface area contributed by atoms with Crippen LogP contribution in [-0.2, 0) is 4.79 Å². The Labute approximate surface area is 123 Å². The average Bonchev–Trinajstić information content (AvgIpc) is 3.00. The summed E-state index contributed by atoms with van der Waals surface area (Å²) in [6.45, 7) is 1.64. The van der Waals surface area contributed by atoms with Gasteiger partial charge in [0.15, 0.2) is 0 Å².